The van der Waals surface area contributed by atoms with Gasteiger partial charge in [0.05, 0.1) is 4.90 Å². The van der Waals surface area contributed by atoms with E-state index in [1.807, 2.05) is 6.07 Å². The zero-order valence-electron chi connectivity index (χ0n) is 12.0. The quantitative estimate of drug-likeness (QED) is 0.876. The molecule has 2 atom stereocenters. The minimum Gasteiger partial charge on any atom is -0.310 e. The van der Waals surface area contributed by atoms with E-state index in [1.54, 1.807) is 12.1 Å². The number of nitrogens with two attached hydrogens (primary N) is 1. The molecule has 1 fully saturated rings. The number of rotatable bonds is 5. The molecule has 5 heteroatoms. The summed E-state index contributed by atoms with van der Waals surface area (Å²) in [6.07, 6.45) is 6.33. The molecule has 1 aliphatic rings. The first-order valence-electron chi connectivity index (χ1n) is 7.36. The van der Waals surface area contributed by atoms with E-state index in [0.717, 1.165) is 11.5 Å². The molecule has 0 amide bonds. The van der Waals surface area contributed by atoms with E-state index in [9.17, 15) is 8.42 Å². The average Bonchev–Trinajstić information content (AvgIpc) is 2.45. The molecule has 0 saturated heterocycles. The van der Waals surface area contributed by atoms with Crippen molar-refractivity contribution >= 4 is 10.0 Å². The van der Waals surface area contributed by atoms with Crippen LogP contribution in [0.5, 0.6) is 0 Å². The third-order valence-corrected chi connectivity index (χ3v) is 5.14. The van der Waals surface area contributed by atoms with Crippen LogP contribution in [0.1, 0.15) is 44.6 Å². The Morgan fingerprint density at radius 3 is 2.75 bits per heavy atom. The van der Waals surface area contributed by atoms with Crippen LogP contribution < -0.4 is 10.5 Å². The maximum Gasteiger partial charge on any atom is 0.238 e. The van der Waals surface area contributed by atoms with Gasteiger partial charge < -0.3 is 5.32 Å². The molecular weight excluding hydrogens is 272 g/mol. The van der Waals surface area contributed by atoms with Gasteiger partial charge in [-0.3, -0.25) is 0 Å². The van der Waals surface area contributed by atoms with Gasteiger partial charge in [0.2, 0.25) is 10.0 Å². The van der Waals surface area contributed by atoms with Gasteiger partial charge in [0.15, 0.2) is 0 Å². The average molecular weight is 296 g/mol. The van der Waals surface area contributed by atoms with Gasteiger partial charge >= 0.3 is 0 Å². The fraction of sp³-hybridized carbons (Fsp3) is 0.600. The Balaban J connectivity index is 2.00. The van der Waals surface area contributed by atoms with Crippen LogP contribution in [-0.2, 0) is 16.6 Å². The van der Waals surface area contributed by atoms with E-state index in [2.05, 4.69) is 12.2 Å². The highest BCUT2D eigenvalue weighted by atomic mass is 32.2. The van der Waals surface area contributed by atoms with Crippen molar-refractivity contribution in [3.05, 3.63) is 29.8 Å². The van der Waals surface area contributed by atoms with Crippen molar-refractivity contribution in [1.82, 2.24) is 5.32 Å². The van der Waals surface area contributed by atoms with Crippen molar-refractivity contribution in [3.63, 3.8) is 0 Å². The Labute approximate surface area is 121 Å². The van der Waals surface area contributed by atoms with E-state index in [0.29, 0.717) is 12.6 Å². The third kappa shape index (κ3) is 4.04. The maximum atomic E-state index is 11.3. The summed E-state index contributed by atoms with van der Waals surface area (Å²) in [4.78, 5) is 0.187. The van der Waals surface area contributed by atoms with Gasteiger partial charge in [0.25, 0.3) is 0 Å². The van der Waals surface area contributed by atoms with Gasteiger partial charge in [-0.25, -0.2) is 13.6 Å². The van der Waals surface area contributed by atoms with Crippen molar-refractivity contribution < 1.29 is 8.42 Å². The van der Waals surface area contributed by atoms with E-state index >= 15 is 0 Å². The van der Waals surface area contributed by atoms with Gasteiger partial charge in [-0.2, -0.15) is 0 Å². The summed E-state index contributed by atoms with van der Waals surface area (Å²) >= 11 is 0. The highest BCUT2D eigenvalue weighted by Crippen LogP contribution is 2.27. The number of nitrogens with one attached hydrogen (secondary N) is 1. The van der Waals surface area contributed by atoms with E-state index in [4.69, 9.17) is 5.14 Å². The highest BCUT2D eigenvalue weighted by molar-refractivity contribution is 7.89. The first kappa shape index (κ1) is 15.5. The Bertz CT molecular complexity index is 543. The molecule has 0 radical (unpaired) electrons. The topological polar surface area (TPSA) is 72.2 Å². The van der Waals surface area contributed by atoms with Gasteiger partial charge in [-0.1, -0.05) is 38.3 Å². The number of hydrogen-bond donors (Lipinski definition) is 2. The molecule has 4 nitrogen and oxygen atoms in total. The normalized spacial score (nSPS) is 23.7. The molecule has 112 valence electrons. The Morgan fingerprint density at radius 2 is 2.05 bits per heavy atom. The molecule has 1 saturated carbocycles. The van der Waals surface area contributed by atoms with Gasteiger partial charge in [-0.15, -0.1) is 0 Å². The fourth-order valence-corrected chi connectivity index (χ4v) is 3.63. The smallest absolute Gasteiger partial charge is 0.238 e. The summed E-state index contributed by atoms with van der Waals surface area (Å²) in [6.45, 7) is 2.94. The standard InChI is InChI=1S/C15H24N2O2S/c1-2-13-7-3-4-9-15(13)17-11-12-6-5-8-14(10-12)20(16,18)19/h5-6,8,10,13,15,17H,2-4,7,9,11H2,1H3,(H2,16,18,19). The van der Waals surface area contributed by atoms with Crippen LogP contribution in [-0.4, -0.2) is 14.5 Å². The SMILES string of the molecule is CCC1CCCCC1NCc1cccc(S(N)(=O)=O)c1. The van der Waals surface area contributed by atoms with Crippen LogP contribution in [0.4, 0.5) is 0 Å². The minimum absolute atomic E-state index is 0.187. The minimum atomic E-state index is -3.61. The Hall–Kier alpha value is -0.910. The predicted molar refractivity (Wildman–Crippen MR) is 80.7 cm³/mol. The number of primary sulfonamides is 1. The summed E-state index contributed by atoms with van der Waals surface area (Å²) in [5, 5.41) is 8.74. The largest absolute Gasteiger partial charge is 0.310 e. The van der Waals surface area contributed by atoms with Crippen molar-refractivity contribution in [1.29, 1.82) is 0 Å². The molecule has 0 bridgehead atoms. The van der Waals surface area contributed by atoms with Gasteiger partial charge in [0, 0.05) is 12.6 Å². The van der Waals surface area contributed by atoms with Gasteiger partial charge in [0.1, 0.15) is 0 Å². The molecule has 2 unspecified atom stereocenters. The number of hydrogen-bond acceptors (Lipinski definition) is 3. The van der Waals surface area contributed by atoms with Crippen LogP contribution in [0, 0.1) is 5.92 Å². The van der Waals surface area contributed by atoms with Crippen LogP contribution in [0.15, 0.2) is 29.2 Å². The summed E-state index contributed by atoms with van der Waals surface area (Å²) in [5.74, 6) is 0.741. The monoisotopic (exact) mass is 296 g/mol. The molecule has 1 aromatic rings. The van der Waals surface area contributed by atoms with Crippen molar-refractivity contribution in [2.45, 2.75) is 56.5 Å². The molecule has 1 aromatic carbocycles. The number of benzene rings is 1. The summed E-state index contributed by atoms with van der Waals surface area (Å²) in [7, 11) is -3.61. The van der Waals surface area contributed by atoms with Crippen LogP contribution in [0.25, 0.3) is 0 Å². The second kappa shape index (κ2) is 6.70. The molecule has 0 aliphatic heterocycles. The summed E-state index contributed by atoms with van der Waals surface area (Å²) < 4.78 is 22.7. The lowest BCUT2D eigenvalue weighted by Crippen LogP contribution is -2.37. The van der Waals surface area contributed by atoms with Crippen molar-refractivity contribution in [2.24, 2.45) is 11.1 Å². The summed E-state index contributed by atoms with van der Waals surface area (Å²) in [6, 6.07) is 7.42. The Morgan fingerprint density at radius 1 is 1.30 bits per heavy atom. The Kier molecular flexibility index (Phi) is 5.18. The molecule has 20 heavy (non-hydrogen) atoms. The zero-order chi connectivity index (χ0) is 14.6. The predicted octanol–water partition coefficient (Wildman–Crippen LogP) is 2.39. The zero-order valence-corrected chi connectivity index (χ0v) is 12.8. The van der Waals surface area contributed by atoms with E-state index in [1.165, 1.54) is 38.2 Å². The summed E-state index contributed by atoms with van der Waals surface area (Å²) in [5.41, 5.74) is 0.969. The molecule has 2 rings (SSSR count). The maximum absolute atomic E-state index is 11.3. The van der Waals surface area contributed by atoms with Crippen LogP contribution in [0.2, 0.25) is 0 Å². The lowest BCUT2D eigenvalue weighted by atomic mass is 9.83. The molecule has 3 N–H and O–H groups in total. The molecule has 0 aromatic heterocycles. The van der Waals surface area contributed by atoms with E-state index in [-0.39, 0.29) is 4.90 Å². The van der Waals surface area contributed by atoms with E-state index < -0.39 is 10.0 Å². The highest BCUT2D eigenvalue weighted by Gasteiger charge is 2.22. The lowest BCUT2D eigenvalue weighted by Gasteiger charge is -2.31. The van der Waals surface area contributed by atoms with Crippen molar-refractivity contribution in [2.75, 3.05) is 0 Å². The molecular formula is C15H24N2O2S. The first-order chi connectivity index (χ1) is 9.50. The van der Waals surface area contributed by atoms with Crippen LogP contribution in [0.3, 0.4) is 0 Å². The molecule has 0 spiro atoms. The lowest BCUT2D eigenvalue weighted by molar-refractivity contribution is 0.254. The van der Waals surface area contributed by atoms with Crippen molar-refractivity contribution in [3.8, 4) is 0 Å². The fourth-order valence-electron chi connectivity index (χ4n) is 3.05. The van der Waals surface area contributed by atoms with Gasteiger partial charge in [-0.05, 0) is 36.5 Å². The number of sulfonamides is 1. The first-order valence-corrected chi connectivity index (χ1v) is 8.90. The third-order valence-electron chi connectivity index (χ3n) is 4.23. The molecule has 1 aliphatic carbocycles. The second-order valence-corrected chi connectivity index (χ2v) is 7.19. The molecule has 0 heterocycles. The second-order valence-electron chi connectivity index (χ2n) is 5.63. The van der Waals surface area contributed by atoms with Crippen LogP contribution >= 0.6 is 0 Å².